The third-order valence-electron chi connectivity index (χ3n) is 5.04. The van der Waals surface area contributed by atoms with Gasteiger partial charge in [0.25, 0.3) is 0 Å². The summed E-state index contributed by atoms with van der Waals surface area (Å²) in [5.74, 6) is 0. The van der Waals surface area contributed by atoms with Crippen molar-refractivity contribution in [3.8, 4) is 0 Å². The van der Waals surface area contributed by atoms with Crippen LogP contribution in [0.1, 0.15) is 5.56 Å². The lowest BCUT2D eigenvalue weighted by molar-refractivity contribution is -0.0446. The molecule has 3 nitrogen and oxygen atoms in total. The van der Waals surface area contributed by atoms with Crippen LogP contribution in [-0.2, 0) is 16.4 Å². The first-order chi connectivity index (χ1) is 15.2. The number of halogens is 3. The van der Waals surface area contributed by atoms with Gasteiger partial charge >= 0.3 is 15.5 Å². The smallest absolute Gasteiger partial charge is 0.204 e. The zero-order valence-corrected chi connectivity index (χ0v) is 19.1. The standard InChI is InChI=1S/C24H24F3NO2S2/c1-31(21-14-4-2-5-15-21,22-16-6-3-7-17-22)23-18-9-8-12-20(23)13-10-11-19-28-32(29,30)24(25,26)27/h2-12,14-18,28H,13,19H2,1H3/b11-10+. The van der Waals surface area contributed by atoms with Crippen LogP contribution in [0.2, 0.25) is 0 Å². The van der Waals surface area contributed by atoms with Crippen LogP contribution < -0.4 is 4.72 Å². The van der Waals surface area contributed by atoms with E-state index < -0.39 is 32.1 Å². The van der Waals surface area contributed by atoms with Gasteiger partial charge in [-0.3, -0.25) is 0 Å². The molecule has 0 fully saturated rings. The number of rotatable bonds is 8. The van der Waals surface area contributed by atoms with E-state index in [1.807, 2.05) is 54.6 Å². The Labute approximate surface area is 188 Å². The van der Waals surface area contributed by atoms with E-state index in [2.05, 4.69) is 36.6 Å². The van der Waals surface area contributed by atoms with Gasteiger partial charge in [-0.05, 0) is 58.4 Å². The van der Waals surface area contributed by atoms with E-state index in [-0.39, 0.29) is 0 Å². The largest absolute Gasteiger partial charge is 0.511 e. The first-order valence-corrected chi connectivity index (χ1v) is 13.4. The molecule has 0 aliphatic carbocycles. The third-order valence-corrected chi connectivity index (χ3v) is 9.91. The van der Waals surface area contributed by atoms with E-state index in [0.717, 1.165) is 10.5 Å². The molecule has 3 aromatic carbocycles. The van der Waals surface area contributed by atoms with E-state index in [9.17, 15) is 21.6 Å². The van der Waals surface area contributed by atoms with E-state index in [4.69, 9.17) is 0 Å². The van der Waals surface area contributed by atoms with Crippen molar-refractivity contribution in [3.63, 3.8) is 0 Å². The molecule has 170 valence electrons. The Morgan fingerprint density at radius 1 is 0.781 bits per heavy atom. The molecule has 0 unspecified atom stereocenters. The van der Waals surface area contributed by atoms with E-state index in [1.165, 1.54) is 15.9 Å². The molecule has 0 aliphatic rings. The van der Waals surface area contributed by atoms with Gasteiger partial charge in [-0.1, -0.05) is 66.7 Å². The fourth-order valence-corrected chi connectivity index (χ4v) is 7.07. The molecule has 0 bridgehead atoms. The molecule has 0 aliphatic heterocycles. The minimum atomic E-state index is -5.34. The number of alkyl halides is 3. The fourth-order valence-electron chi connectivity index (χ4n) is 3.38. The lowest BCUT2D eigenvalue weighted by Crippen LogP contribution is -2.36. The van der Waals surface area contributed by atoms with Gasteiger partial charge in [0.15, 0.2) is 0 Å². The predicted molar refractivity (Wildman–Crippen MR) is 123 cm³/mol. The second-order valence-electron chi connectivity index (χ2n) is 7.13. The van der Waals surface area contributed by atoms with Gasteiger partial charge in [-0.25, -0.2) is 13.1 Å². The highest BCUT2D eigenvalue weighted by atomic mass is 32.3. The molecule has 3 aromatic rings. The van der Waals surface area contributed by atoms with E-state index in [0.29, 0.717) is 6.42 Å². The zero-order chi connectivity index (χ0) is 23.2. The molecule has 3 rings (SSSR count). The van der Waals surface area contributed by atoms with Crippen LogP contribution in [0.4, 0.5) is 13.2 Å². The van der Waals surface area contributed by atoms with Crippen molar-refractivity contribution < 1.29 is 21.6 Å². The Morgan fingerprint density at radius 3 is 1.81 bits per heavy atom. The highest BCUT2D eigenvalue weighted by Gasteiger charge is 2.45. The fraction of sp³-hybridized carbons (Fsp3) is 0.167. The average molecular weight is 480 g/mol. The number of benzene rings is 3. The molecule has 0 spiro atoms. The molecule has 8 heteroatoms. The van der Waals surface area contributed by atoms with Crippen LogP contribution in [0, 0.1) is 0 Å². The number of hydrogen-bond donors (Lipinski definition) is 1. The van der Waals surface area contributed by atoms with Gasteiger partial charge < -0.3 is 0 Å². The van der Waals surface area contributed by atoms with Gasteiger partial charge in [-0.15, -0.1) is 0 Å². The normalized spacial score (nSPS) is 13.4. The minimum absolute atomic E-state index is 0.425. The van der Waals surface area contributed by atoms with Gasteiger partial charge in [0.1, 0.15) is 0 Å². The third kappa shape index (κ3) is 5.26. The molecule has 0 saturated heterocycles. The number of hydrogen-bond acceptors (Lipinski definition) is 2. The van der Waals surface area contributed by atoms with Crippen molar-refractivity contribution >= 4 is 20.1 Å². The summed E-state index contributed by atoms with van der Waals surface area (Å²) in [7, 11) is -6.93. The summed E-state index contributed by atoms with van der Waals surface area (Å²) in [6, 6.07) is 28.4. The second kappa shape index (κ2) is 9.94. The average Bonchev–Trinajstić information content (AvgIpc) is 2.79. The number of sulfonamides is 1. The van der Waals surface area contributed by atoms with Crippen LogP contribution in [0.3, 0.4) is 0 Å². The zero-order valence-electron chi connectivity index (χ0n) is 17.4. The first-order valence-electron chi connectivity index (χ1n) is 9.83. The van der Waals surface area contributed by atoms with Crippen molar-refractivity contribution in [2.45, 2.75) is 26.6 Å². The summed E-state index contributed by atoms with van der Waals surface area (Å²) in [5, 5.41) is 0. The van der Waals surface area contributed by atoms with Crippen molar-refractivity contribution in [1.29, 1.82) is 0 Å². The van der Waals surface area contributed by atoms with Gasteiger partial charge in [0.05, 0.1) is 0 Å². The first kappa shape index (κ1) is 24.1. The van der Waals surface area contributed by atoms with Crippen LogP contribution in [-0.4, -0.2) is 26.7 Å². The minimum Gasteiger partial charge on any atom is -0.204 e. The van der Waals surface area contributed by atoms with Crippen molar-refractivity contribution in [3.05, 3.63) is 103 Å². The second-order valence-corrected chi connectivity index (χ2v) is 12.1. The maximum atomic E-state index is 12.4. The summed E-state index contributed by atoms with van der Waals surface area (Å²) < 4.78 is 61.1. The van der Waals surface area contributed by atoms with Crippen LogP contribution >= 0.6 is 10.0 Å². The highest BCUT2D eigenvalue weighted by molar-refractivity contribution is 8.33. The Bertz CT molecular complexity index is 1120. The van der Waals surface area contributed by atoms with Crippen LogP contribution in [0.15, 0.2) is 112 Å². The van der Waals surface area contributed by atoms with Gasteiger partial charge in [0.2, 0.25) is 0 Å². The SMILES string of the molecule is CS(c1ccccc1)(c1ccccc1)c1ccccc1C/C=C/CNS(=O)(=O)C(F)(F)F. The topological polar surface area (TPSA) is 46.2 Å². The molecule has 0 radical (unpaired) electrons. The molecule has 0 atom stereocenters. The maximum Gasteiger partial charge on any atom is 0.511 e. The van der Waals surface area contributed by atoms with E-state index in [1.54, 1.807) is 10.8 Å². The van der Waals surface area contributed by atoms with Gasteiger partial charge in [-0.2, -0.15) is 23.2 Å². The van der Waals surface area contributed by atoms with Gasteiger partial charge in [0, 0.05) is 11.4 Å². The van der Waals surface area contributed by atoms with Crippen LogP contribution in [0.5, 0.6) is 0 Å². The summed E-state index contributed by atoms with van der Waals surface area (Å²) in [6.07, 6.45) is 5.79. The lowest BCUT2D eigenvalue weighted by atomic mass is 10.1. The quantitative estimate of drug-likeness (QED) is 0.395. The highest BCUT2D eigenvalue weighted by Crippen LogP contribution is 2.66. The monoisotopic (exact) mass is 479 g/mol. The van der Waals surface area contributed by atoms with Crippen molar-refractivity contribution in [2.75, 3.05) is 12.8 Å². The molecule has 0 heterocycles. The molecular formula is C24H24F3NO2S2. The lowest BCUT2D eigenvalue weighted by Gasteiger charge is -2.39. The molecule has 1 N–H and O–H groups in total. The molecule has 32 heavy (non-hydrogen) atoms. The Morgan fingerprint density at radius 2 is 1.28 bits per heavy atom. The molecule has 0 aromatic heterocycles. The molecule has 0 saturated carbocycles. The number of nitrogens with one attached hydrogen (secondary N) is 1. The number of allylic oxidation sites excluding steroid dienone is 1. The maximum absolute atomic E-state index is 12.4. The van der Waals surface area contributed by atoms with E-state index >= 15 is 0 Å². The Kier molecular flexibility index (Phi) is 7.48. The molecule has 0 amide bonds. The summed E-state index contributed by atoms with van der Waals surface area (Å²) in [5.41, 5.74) is -4.28. The van der Waals surface area contributed by atoms with Crippen molar-refractivity contribution in [2.24, 2.45) is 0 Å². The summed E-state index contributed by atoms with van der Waals surface area (Å²) >= 11 is 0. The summed E-state index contributed by atoms with van der Waals surface area (Å²) in [6.45, 7) is -0.425. The van der Waals surface area contributed by atoms with Crippen LogP contribution in [0.25, 0.3) is 0 Å². The molecular weight excluding hydrogens is 455 g/mol. The summed E-state index contributed by atoms with van der Waals surface area (Å²) in [4.78, 5) is 3.54. The Hall–Kier alpha value is -2.55. The predicted octanol–water partition coefficient (Wildman–Crippen LogP) is 6.14. The van der Waals surface area contributed by atoms with Crippen molar-refractivity contribution in [1.82, 2.24) is 4.72 Å². The Balaban J connectivity index is 1.90.